The molecule has 15 heavy (non-hydrogen) atoms. The van der Waals surface area contributed by atoms with Crippen molar-refractivity contribution in [1.82, 2.24) is 5.32 Å². The normalized spacial score (nSPS) is 19.5. The number of hydrogen-bond donors (Lipinski definition) is 2. The fourth-order valence-corrected chi connectivity index (χ4v) is 1.54. The summed E-state index contributed by atoms with van der Waals surface area (Å²) in [5.74, 6) is -0.140. The van der Waals surface area contributed by atoms with Gasteiger partial charge in [-0.2, -0.15) is 0 Å². The second kappa shape index (κ2) is 4.49. The summed E-state index contributed by atoms with van der Waals surface area (Å²) in [6.07, 6.45) is 2.80. The van der Waals surface area contributed by atoms with Crippen LogP contribution in [0.15, 0.2) is 0 Å². The number of carbonyl (C=O) groups excluding carboxylic acids is 1. The maximum atomic E-state index is 11.5. The SMILES string of the molecule is CC(C)(C)OCC(=O)NC1(CO)CCC1. The van der Waals surface area contributed by atoms with Crippen LogP contribution in [0.5, 0.6) is 0 Å². The van der Waals surface area contributed by atoms with Crippen LogP contribution in [-0.4, -0.2) is 35.4 Å². The minimum atomic E-state index is -0.363. The van der Waals surface area contributed by atoms with Gasteiger partial charge >= 0.3 is 0 Å². The summed E-state index contributed by atoms with van der Waals surface area (Å²) in [6.45, 7) is 5.81. The third-order valence-electron chi connectivity index (χ3n) is 2.65. The van der Waals surface area contributed by atoms with Crippen molar-refractivity contribution in [3.05, 3.63) is 0 Å². The first-order valence-electron chi connectivity index (χ1n) is 5.43. The third-order valence-corrected chi connectivity index (χ3v) is 2.65. The van der Waals surface area contributed by atoms with Crippen molar-refractivity contribution < 1.29 is 14.6 Å². The van der Waals surface area contributed by atoms with E-state index in [-0.39, 0.29) is 30.3 Å². The maximum absolute atomic E-state index is 11.5. The zero-order valence-corrected chi connectivity index (χ0v) is 9.80. The lowest BCUT2D eigenvalue weighted by Gasteiger charge is -2.41. The van der Waals surface area contributed by atoms with Crippen LogP contribution >= 0.6 is 0 Å². The Morgan fingerprint density at radius 2 is 2.07 bits per heavy atom. The molecule has 0 atom stereocenters. The Morgan fingerprint density at radius 3 is 2.40 bits per heavy atom. The van der Waals surface area contributed by atoms with Crippen molar-refractivity contribution in [2.24, 2.45) is 0 Å². The van der Waals surface area contributed by atoms with Crippen molar-refractivity contribution in [2.45, 2.75) is 51.2 Å². The Bertz CT molecular complexity index is 223. The summed E-state index contributed by atoms with van der Waals surface area (Å²) >= 11 is 0. The smallest absolute Gasteiger partial charge is 0.246 e. The molecule has 0 aromatic heterocycles. The quantitative estimate of drug-likeness (QED) is 0.730. The van der Waals surface area contributed by atoms with E-state index < -0.39 is 0 Å². The van der Waals surface area contributed by atoms with Gasteiger partial charge in [-0.05, 0) is 40.0 Å². The summed E-state index contributed by atoms with van der Waals surface area (Å²) in [5, 5.41) is 12.0. The second-order valence-electron chi connectivity index (χ2n) is 5.24. The molecule has 0 unspecified atom stereocenters. The van der Waals surface area contributed by atoms with E-state index in [4.69, 9.17) is 9.84 Å². The molecule has 1 saturated carbocycles. The van der Waals surface area contributed by atoms with Crippen molar-refractivity contribution >= 4 is 5.91 Å². The number of rotatable bonds is 4. The molecule has 1 aliphatic carbocycles. The standard InChI is InChI=1S/C11H21NO3/c1-10(2,3)15-7-9(14)12-11(8-13)5-4-6-11/h13H,4-8H2,1-3H3,(H,12,14). The molecule has 1 amide bonds. The van der Waals surface area contributed by atoms with E-state index in [1.807, 2.05) is 20.8 Å². The first kappa shape index (κ1) is 12.5. The van der Waals surface area contributed by atoms with Crippen LogP contribution in [-0.2, 0) is 9.53 Å². The molecule has 0 heterocycles. The van der Waals surface area contributed by atoms with Crippen molar-refractivity contribution in [1.29, 1.82) is 0 Å². The predicted octanol–water partition coefficient (Wildman–Crippen LogP) is 0.833. The molecule has 0 aromatic carbocycles. The van der Waals surface area contributed by atoms with Gasteiger partial charge in [0.25, 0.3) is 0 Å². The number of ether oxygens (including phenoxy) is 1. The van der Waals surface area contributed by atoms with E-state index in [0.29, 0.717) is 0 Å². The highest BCUT2D eigenvalue weighted by Gasteiger charge is 2.37. The van der Waals surface area contributed by atoms with Gasteiger partial charge in [-0.15, -0.1) is 0 Å². The van der Waals surface area contributed by atoms with Gasteiger partial charge in [-0.1, -0.05) is 0 Å². The van der Waals surface area contributed by atoms with Crippen molar-refractivity contribution in [2.75, 3.05) is 13.2 Å². The number of aliphatic hydroxyl groups is 1. The molecular weight excluding hydrogens is 194 g/mol. The number of carbonyl (C=O) groups is 1. The fourth-order valence-electron chi connectivity index (χ4n) is 1.54. The summed E-state index contributed by atoms with van der Waals surface area (Å²) in [5.41, 5.74) is -0.665. The zero-order valence-electron chi connectivity index (χ0n) is 9.80. The second-order valence-corrected chi connectivity index (χ2v) is 5.24. The molecule has 2 N–H and O–H groups in total. The van der Waals surface area contributed by atoms with E-state index in [1.165, 1.54) is 0 Å². The highest BCUT2D eigenvalue weighted by molar-refractivity contribution is 5.78. The Hall–Kier alpha value is -0.610. The molecule has 4 nitrogen and oxygen atoms in total. The predicted molar refractivity (Wildman–Crippen MR) is 57.5 cm³/mol. The average Bonchev–Trinajstić information content (AvgIpc) is 2.07. The molecular formula is C11H21NO3. The summed E-state index contributed by atoms with van der Waals surface area (Å²) in [4.78, 5) is 11.5. The third kappa shape index (κ3) is 3.80. The molecule has 1 rings (SSSR count). The zero-order chi connectivity index (χ0) is 11.5. The first-order valence-corrected chi connectivity index (χ1v) is 5.43. The largest absolute Gasteiger partial charge is 0.394 e. The summed E-state index contributed by atoms with van der Waals surface area (Å²) in [7, 11) is 0. The molecule has 0 spiro atoms. The number of amides is 1. The highest BCUT2D eigenvalue weighted by Crippen LogP contribution is 2.31. The molecule has 88 valence electrons. The minimum Gasteiger partial charge on any atom is -0.394 e. The van der Waals surface area contributed by atoms with Gasteiger partial charge < -0.3 is 15.2 Å². The monoisotopic (exact) mass is 215 g/mol. The maximum Gasteiger partial charge on any atom is 0.246 e. The van der Waals surface area contributed by atoms with Gasteiger partial charge in [0, 0.05) is 0 Å². The van der Waals surface area contributed by atoms with Gasteiger partial charge in [0.15, 0.2) is 0 Å². The molecule has 1 fully saturated rings. The van der Waals surface area contributed by atoms with Crippen LogP contribution in [0.2, 0.25) is 0 Å². The van der Waals surface area contributed by atoms with E-state index in [2.05, 4.69) is 5.32 Å². The summed E-state index contributed by atoms with van der Waals surface area (Å²) < 4.78 is 5.36. The first-order chi connectivity index (χ1) is 6.87. The van der Waals surface area contributed by atoms with Crippen molar-refractivity contribution in [3.8, 4) is 0 Å². The molecule has 0 aliphatic heterocycles. The number of hydrogen-bond acceptors (Lipinski definition) is 3. The van der Waals surface area contributed by atoms with E-state index in [1.54, 1.807) is 0 Å². The van der Waals surface area contributed by atoms with Crippen LogP contribution in [0.1, 0.15) is 40.0 Å². The summed E-state index contributed by atoms with van der Waals surface area (Å²) in [6, 6.07) is 0. The van der Waals surface area contributed by atoms with Crippen LogP contribution < -0.4 is 5.32 Å². The van der Waals surface area contributed by atoms with Crippen LogP contribution in [0.4, 0.5) is 0 Å². The molecule has 0 aromatic rings. The molecule has 0 radical (unpaired) electrons. The topological polar surface area (TPSA) is 58.6 Å². The van der Waals surface area contributed by atoms with Crippen LogP contribution in [0, 0.1) is 0 Å². The van der Waals surface area contributed by atoms with Gasteiger partial charge in [0.1, 0.15) is 6.61 Å². The number of aliphatic hydroxyl groups excluding tert-OH is 1. The average molecular weight is 215 g/mol. The van der Waals surface area contributed by atoms with E-state index >= 15 is 0 Å². The van der Waals surface area contributed by atoms with Gasteiger partial charge in [0.05, 0.1) is 17.7 Å². The Kier molecular flexibility index (Phi) is 3.73. The van der Waals surface area contributed by atoms with E-state index in [9.17, 15) is 4.79 Å². The molecule has 4 heteroatoms. The Labute approximate surface area is 91.0 Å². The fraction of sp³-hybridized carbons (Fsp3) is 0.909. The van der Waals surface area contributed by atoms with E-state index in [0.717, 1.165) is 19.3 Å². The highest BCUT2D eigenvalue weighted by atomic mass is 16.5. The van der Waals surface area contributed by atoms with Crippen LogP contribution in [0.25, 0.3) is 0 Å². The van der Waals surface area contributed by atoms with Crippen molar-refractivity contribution in [3.63, 3.8) is 0 Å². The van der Waals surface area contributed by atoms with Crippen LogP contribution in [0.3, 0.4) is 0 Å². The lowest BCUT2D eigenvalue weighted by molar-refractivity contribution is -0.134. The lowest BCUT2D eigenvalue weighted by Crippen LogP contribution is -2.57. The van der Waals surface area contributed by atoms with Gasteiger partial charge in [-0.3, -0.25) is 4.79 Å². The van der Waals surface area contributed by atoms with Gasteiger partial charge in [-0.25, -0.2) is 0 Å². The molecule has 0 bridgehead atoms. The van der Waals surface area contributed by atoms with Gasteiger partial charge in [0.2, 0.25) is 5.91 Å². The molecule has 1 aliphatic rings. The number of nitrogens with one attached hydrogen (secondary N) is 1. The Balaban J connectivity index is 2.29. The minimum absolute atomic E-state index is 0.0221. The Morgan fingerprint density at radius 1 is 1.47 bits per heavy atom. The molecule has 0 saturated heterocycles. The lowest BCUT2D eigenvalue weighted by atomic mass is 9.77.